The van der Waals surface area contributed by atoms with E-state index in [4.69, 9.17) is 8.83 Å². The van der Waals surface area contributed by atoms with Crippen molar-refractivity contribution in [2.24, 2.45) is 0 Å². The molecular weight excluding hydrogens is 1090 g/mol. The van der Waals surface area contributed by atoms with Crippen LogP contribution in [0.1, 0.15) is 33.4 Å². The molecule has 0 bridgehead atoms. The van der Waals surface area contributed by atoms with Crippen molar-refractivity contribution < 1.29 is 8.83 Å². The van der Waals surface area contributed by atoms with Crippen molar-refractivity contribution in [3.8, 4) is 44.5 Å². The van der Waals surface area contributed by atoms with Gasteiger partial charge in [-0.2, -0.15) is 0 Å². The molecule has 2 heterocycles. The summed E-state index contributed by atoms with van der Waals surface area (Å²) in [5, 5.41) is 4.29. The SMILES string of the molecule is c1ccc(-c2ccccc2N(c2ccc3c(c2)C(c2ccccc2)(C2(c4ccccc4)c4ccccc4-c4ccc(N(c5ccccc5-c5ccccc5)c5cccc6c5oc5ccccc56)cc42)c2ccccc2-3)c2cccc3c2oc2ccccc23)cc1. The molecule has 2 aliphatic carbocycles. The number of furan rings is 2. The van der Waals surface area contributed by atoms with Crippen LogP contribution in [0.4, 0.5) is 34.1 Å². The van der Waals surface area contributed by atoms with E-state index < -0.39 is 10.8 Å². The van der Waals surface area contributed by atoms with E-state index in [0.717, 1.165) is 100 Å². The number of rotatable bonds is 11. The number of hydrogen-bond donors (Lipinski definition) is 0. The first-order chi connectivity index (χ1) is 44.7. The molecule has 0 aliphatic heterocycles. The maximum atomic E-state index is 7.05. The van der Waals surface area contributed by atoms with E-state index in [2.05, 4.69) is 350 Å². The molecule has 0 saturated heterocycles. The first-order valence-electron chi connectivity index (χ1n) is 31.0. The number of benzene rings is 14. The first-order valence-corrected chi connectivity index (χ1v) is 31.0. The van der Waals surface area contributed by atoms with Crippen LogP contribution in [0.3, 0.4) is 0 Å². The van der Waals surface area contributed by atoms with Gasteiger partial charge < -0.3 is 18.6 Å². The van der Waals surface area contributed by atoms with Gasteiger partial charge in [-0.15, -0.1) is 0 Å². The van der Waals surface area contributed by atoms with Gasteiger partial charge >= 0.3 is 0 Å². The van der Waals surface area contributed by atoms with Gasteiger partial charge in [-0.3, -0.25) is 0 Å². The number of fused-ring (bicyclic) bond motifs is 12. The monoisotopic (exact) mass is 1150 g/mol. The average Bonchev–Trinajstić information content (AvgIpc) is 1.47. The van der Waals surface area contributed by atoms with Crippen molar-refractivity contribution in [1.82, 2.24) is 0 Å². The Labute approximate surface area is 522 Å². The average molecular weight is 1150 g/mol. The quantitative estimate of drug-likeness (QED) is 0.129. The second kappa shape index (κ2) is 20.5. The Morgan fingerprint density at radius 3 is 0.978 bits per heavy atom. The summed E-state index contributed by atoms with van der Waals surface area (Å²) < 4.78 is 14.1. The molecule has 2 atom stereocenters. The van der Waals surface area contributed by atoms with Crippen molar-refractivity contribution in [2.75, 3.05) is 9.80 Å². The Hall–Kier alpha value is -11.7. The summed E-state index contributed by atoms with van der Waals surface area (Å²) in [7, 11) is 0. The highest BCUT2D eigenvalue weighted by molar-refractivity contribution is 6.13. The van der Waals surface area contributed by atoms with Crippen LogP contribution in [-0.4, -0.2) is 0 Å². The smallest absolute Gasteiger partial charge is 0.159 e. The van der Waals surface area contributed by atoms with E-state index in [0.29, 0.717) is 0 Å². The van der Waals surface area contributed by atoms with Gasteiger partial charge in [0.25, 0.3) is 0 Å². The van der Waals surface area contributed by atoms with Gasteiger partial charge in [0.2, 0.25) is 0 Å². The van der Waals surface area contributed by atoms with Gasteiger partial charge in [0.05, 0.1) is 33.6 Å². The molecule has 90 heavy (non-hydrogen) atoms. The third kappa shape index (κ3) is 7.43. The fourth-order valence-corrected chi connectivity index (χ4v) is 15.7. The summed E-state index contributed by atoms with van der Waals surface area (Å²) in [5.74, 6) is 0. The van der Waals surface area contributed by atoms with Crippen molar-refractivity contribution in [3.63, 3.8) is 0 Å². The topological polar surface area (TPSA) is 32.8 Å². The fourth-order valence-electron chi connectivity index (χ4n) is 15.7. The molecule has 4 heteroatoms. The normalized spacial score (nSPS) is 15.4. The van der Waals surface area contributed by atoms with Crippen LogP contribution in [0, 0.1) is 0 Å². The maximum Gasteiger partial charge on any atom is 0.159 e. The van der Waals surface area contributed by atoms with Gasteiger partial charge in [-0.05, 0) is 127 Å². The van der Waals surface area contributed by atoms with Gasteiger partial charge in [-0.25, -0.2) is 0 Å². The molecule has 0 spiro atoms. The van der Waals surface area contributed by atoms with Gasteiger partial charge in [-0.1, -0.05) is 279 Å². The van der Waals surface area contributed by atoms with E-state index in [1.54, 1.807) is 0 Å². The molecule has 14 aromatic carbocycles. The summed E-state index contributed by atoms with van der Waals surface area (Å²) in [5.41, 5.74) is 23.9. The zero-order valence-electron chi connectivity index (χ0n) is 49.0. The van der Waals surface area contributed by atoms with E-state index in [1.165, 1.54) is 55.6 Å². The lowest BCUT2D eigenvalue weighted by atomic mass is 9.49. The molecule has 0 amide bonds. The minimum absolute atomic E-state index is 0.823. The molecule has 0 radical (unpaired) electrons. The third-order valence-electron chi connectivity index (χ3n) is 19.3. The Morgan fingerprint density at radius 1 is 0.222 bits per heavy atom. The summed E-state index contributed by atoms with van der Waals surface area (Å²) in [6.07, 6.45) is 0. The molecule has 2 aliphatic rings. The highest BCUT2D eigenvalue weighted by atomic mass is 16.3. The third-order valence-corrected chi connectivity index (χ3v) is 19.3. The zero-order chi connectivity index (χ0) is 59.3. The van der Waals surface area contributed by atoms with Crippen molar-refractivity contribution in [3.05, 3.63) is 373 Å². The molecule has 0 fully saturated rings. The van der Waals surface area contributed by atoms with E-state index in [1.807, 2.05) is 0 Å². The lowest BCUT2D eigenvalue weighted by molar-refractivity contribution is 0.437. The summed E-state index contributed by atoms with van der Waals surface area (Å²) in [6, 6.07) is 125. The summed E-state index contributed by atoms with van der Waals surface area (Å²) in [4.78, 5) is 4.91. The second-order valence-corrected chi connectivity index (χ2v) is 23.7. The van der Waals surface area contributed by atoms with E-state index in [9.17, 15) is 0 Å². The van der Waals surface area contributed by atoms with Gasteiger partial charge in [0, 0.05) is 44.0 Å². The minimum atomic E-state index is -0.945. The minimum Gasteiger partial charge on any atom is -0.454 e. The largest absolute Gasteiger partial charge is 0.454 e. The molecule has 18 rings (SSSR count). The predicted molar refractivity (Wildman–Crippen MR) is 371 cm³/mol. The van der Waals surface area contributed by atoms with E-state index >= 15 is 0 Å². The molecule has 2 unspecified atom stereocenters. The Morgan fingerprint density at radius 2 is 0.544 bits per heavy atom. The van der Waals surface area contributed by atoms with Gasteiger partial charge in [0.15, 0.2) is 11.2 Å². The Bertz CT molecular complexity index is 5120. The standard InChI is InChI=1S/C86H56N2O2/c1-5-27-57(28-6-1)63-35-15-21-45-77(63)87(79-47-25-41-71-69-39-17-23-49-81(69)89-83(71)79)61-51-53-67-65-37-13-19-43-73(65)85(75(67)55-61,59-31-9-3-10-32-59)86(60-33-11-4-12-34-60)74-44-20-14-38-66(74)68-54-52-62(56-76(68)86)88(78-46-22-16-36-64(78)58-29-7-2-8-30-58)80-48-26-42-72-70-40-18-24-50-82(70)90-84(72)80/h1-56H. The summed E-state index contributed by atoms with van der Waals surface area (Å²) in [6.45, 7) is 0. The number of nitrogens with zero attached hydrogens (tertiary/aromatic N) is 2. The molecule has 16 aromatic rings. The highest BCUT2D eigenvalue weighted by Crippen LogP contribution is 2.70. The van der Waals surface area contributed by atoms with Crippen molar-refractivity contribution >= 4 is 78.0 Å². The van der Waals surface area contributed by atoms with Crippen LogP contribution in [-0.2, 0) is 10.8 Å². The predicted octanol–water partition coefficient (Wildman–Crippen LogP) is 23.1. The highest BCUT2D eigenvalue weighted by Gasteiger charge is 2.64. The first kappa shape index (κ1) is 51.5. The molecule has 2 aromatic heterocycles. The van der Waals surface area contributed by atoms with Crippen LogP contribution >= 0.6 is 0 Å². The van der Waals surface area contributed by atoms with Crippen LogP contribution in [0.25, 0.3) is 88.4 Å². The number of anilines is 6. The number of hydrogen-bond acceptors (Lipinski definition) is 4. The zero-order valence-corrected chi connectivity index (χ0v) is 49.0. The molecule has 0 N–H and O–H groups in total. The van der Waals surface area contributed by atoms with Crippen LogP contribution in [0.2, 0.25) is 0 Å². The molecule has 422 valence electrons. The molecular formula is C86H56N2O2. The number of para-hydroxylation sites is 6. The Kier molecular flexibility index (Phi) is 11.7. The Balaban J connectivity index is 0.972. The second-order valence-electron chi connectivity index (χ2n) is 23.7. The molecule has 0 saturated carbocycles. The molecule has 4 nitrogen and oxygen atoms in total. The van der Waals surface area contributed by atoms with Crippen molar-refractivity contribution in [1.29, 1.82) is 0 Å². The van der Waals surface area contributed by atoms with Crippen molar-refractivity contribution in [2.45, 2.75) is 10.8 Å². The van der Waals surface area contributed by atoms with Gasteiger partial charge in [0.1, 0.15) is 11.2 Å². The lowest BCUT2D eigenvalue weighted by Gasteiger charge is -2.51. The van der Waals surface area contributed by atoms with Crippen LogP contribution in [0.15, 0.2) is 349 Å². The van der Waals surface area contributed by atoms with Crippen LogP contribution in [0.5, 0.6) is 0 Å². The lowest BCUT2D eigenvalue weighted by Crippen LogP contribution is -2.50. The van der Waals surface area contributed by atoms with Crippen LogP contribution < -0.4 is 9.80 Å². The van der Waals surface area contributed by atoms with E-state index in [-0.39, 0.29) is 0 Å². The fraction of sp³-hybridized carbons (Fsp3) is 0.0233. The summed E-state index contributed by atoms with van der Waals surface area (Å²) >= 11 is 0. The maximum absolute atomic E-state index is 7.05.